The van der Waals surface area contributed by atoms with Gasteiger partial charge in [0.15, 0.2) is 0 Å². The van der Waals surface area contributed by atoms with E-state index in [2.05, 4.69) is 4.98 Å². The predicted octanol–water partition coefficient (Wildman–Crippen LogP) is 4.22. The van der Waals surface area contributed by atoms with E-state index >= 15 is 0 Å². The van der Waals surface area contributed by atoms with Gasteiger partial charge in [-0.1, -0.05) is 17.7 Å². The molecule has 84 valence electrons. The quantitative estimate of drug-likeness (QED) is 0.677. The molecule has 1 aromatic heterocycles. The molecule has 1 nitrogen and oxygen atoms in total. The third-order valence-corrected chi connectivity index (χ3v) is 2.42. The van der Waals surface area contributed by atoms with Crippen LogP contribution < -0.4 is 0 Å². The first-order chi connectivity index (χ1) is 7.38. The van der Waals surface area contributed by atoms with E-state index in [4.69, 9.17) is 11.6 Å². The number of hydrogen-bond acceptors (Lipinski definition) is 1. The monoisotopic (exact) mass is 245 g/mol. The lowest BCUT2D eigenvalue weighted by Crippen LogP contribution is -2.07. The van der Waals surface area contributed by atoms with E-state index < -0.39 is 11.7 Å². The SMILES string of the molecule is Cc1ccc2cc(Cl)cc(C(F)(F)F)c2n1. The third-order valence-electron chi connectivity index (χ3n) is 2.20. The average molecular weight is 246 g/mol. The summed E-state index contributed by atoms with van der Waals surface area (Å²) in [6.45, 7) is 1.65. The molecule has 0 aliphatic heterocycles. The minimum Gasteiger partial charge on any atom is -0.253 e. The fourth-order valence-electron chi connectivity index (χ4n) is 1.51. The third kappa shape index (κ3) is 1.97. The first-order valence-electron chi connectivity index (χ1n) is 4.52. The second kappa shape index (κ2) is 3.63. The maximum atomic E-state index is 12.7. The second-order valence-electron chi connectivity index (χ2n) is 3.48. The van der Waals surface area contributed by atoms with Crippen LogP contribution in [0.15, 0.2) is 24.3 Å². The van der Waals surface area contributed by atoms with Gasteiger partial charge in [-0.3, -0.25) is 4.98 Å². The number of alkyl halides is 3. The largest absolute Gasteiger partial charge is 0.418 e. The summed E-state index contributed by atoms with van der Waals surface area (Å²) in [6.07, 6.45) is -4.44. The molecule has 0 saturated carbocycles. The second-order valence-corrected chi connectivity index (χ2v) is 3.91. The fraction of sp³-hybridized carbons (Fsp3) is 0.182. The Morgan fingerprint density at radius 3 is 2.50 bits per heavy atom. The Kier molecular flexibility index (Phi) is 2.54. The Hall–Kier alpha value is -1.29. The zero-order valence-corrected chi connectivity index (χ0v) is 9.02. The molecule has 0 atom stereocenters. The lowest BCUT2D eigenvalue weighted by atomic mass is 10.1. The molecule has 5 heteroatoms. The number of rotatable bonds is 0. The van der Waals surface area contributed by atoms with Crippen LogP contribution in [0.3, 0.4) is 0 Å². The summed E-state index contributed by atoms with van der Waals surface area (Å²) in [5.74, 6) is 0. The van der Waals surface area contributed by atoms with E-state index in [0.29, 0.717) is 11.1 Å². The van der Waals surface area contributed by atoms with Crippen LogP contribution in [0.5, 0.6) is 0 Å². The molecule has 0 aliphatic rings. The molecule has 2 aromatic rings. The van der Waals surface area contributed by atoms with Crippen molar-refractivity contribution in [3.05, 3.63) is 40.5 Å². The summed E-state index contributed by atoms with van der Waals surface area (Å²) in [5.41, 5.74) is -0.309. The van der Waals surface area contributed by atoms with Crippen LogP contribution in [0.4, 0.5) is 13.2 Å². The smallest absolute Gasteiger partial charge is 0.253 e. The van der Waals surface area contributed by atoms with Crippen LogP contribution in [0, 0.1) is 6.92 Å². The molecule has 1 aromatic carbocycles. The molecule has 0 bridgehead atoms. The Bertz CT molecular complexity index is 549. The lowest BCUT2D eigenvalue weighted by molar-refractivity contribution is -0.136. The van der Waals surface area contributed by atoms with Crippen LogP contribution in [-0.4, -0.2) is 4.98 Å². The van der Waals surface area contributed by atoms with Gasteiger partial charge in [0.05, 0.1) is 11.1 Å². The Morgan fingerprint density at radius 2 is 1.88 bits per heavy atom. The molecule has 0 fully saturated rings. The number of hydrogen-bond donors (Lipinski definition) is 0. The molecule has 1 heterocycles. The molecule has 0 saturated heterocycles. The minimum atomic E-state index is -4.44. The summed E-state index contributed by atoms with van der Waals surface area (Å²) in [7, 11) is 0. The molecule has 16 heavy (non-hydrogen) atoms. The van der Waals surface area contributed by atoms with Gasteiger partial charge in [-0.25, -0.2) is 0 Å². The molecular formula is C11H7ClF3N. The number of aromatic nitrogens is 1. The number of nitrogens with zero attached hydrogens (tertiary/aromatic N) is 1. The molecule has 2 rings (SSSR count). The zero-order chi connectivity index (χ0) is 11.9. The first kappa shape index (κ1) is 11.2. The number of benzene rings is 1. The fourth-order valence-corrected chi connectivity index (χ4v) is 1.74. The molecular weight excluding hydrogens is 239 g/mol. The minimum absolute atomic E-state index is 0.0584. The normalized spacial score (nSPS) is 12.1. The standard InChI is InChI=1S/C11H7ClF3N/c1-6-2-3-7-4-8(12)5-9(10(7)16-6)11(13,14)15/h2-5H,1H3. The maximum Gasteiger partial charge on any atom is 0.418 e. The number of pyridine rings is 1. The van der Waals surface area contributed by atoms with Gasteiger partial charge in [0.1, 0.15) is 0 Å². The zero-order valence-electron chi connectivity index (χ0n) is 8.27. The maximum absolute atomic E-state index is 12.7. The van der Waals surface area contributed by atoms with Gasteiger partial charge >= 0.3 is 6.18 Å². The van der Waals surface area contributed by atoms with Crippen molar-refractivity contribution in [2.24, 2.45) is 0 Å². The van der Waals surface area contributed by atoms with E-state index in [-0.39, 0.29) is 10.5 Å². The van der Waals surface area contributed by atoms with Crippen LogP contribution in [0.25, 0.3) is 10.9 Å². The van der Waals surface area contributed by atoms with Crippen molar-refractivity contribution in [2.45, 2.75) is 13.1 Å². The van der Waals surface area contributed by atoms with E-state index in [1.54, 1.807) is 19.1 Å². The van der Waals surface area contributed by atoms with E-state index in [9.17, 15) is 13.2 Å². The predicted molar refractivity (Wildman–Crippen MR) is 56.5 cm³/mol. The average Bonchev–Trinajstić information content (AvgIpc) is 2.16. The molecule has 0 radical (unpaired) electrons. The molecule has 0 spiro atoms. The highest BCUT2D eigenvalue weighted by molar-refractivity contribution is 6.31. The van der Waals surface area contributed by atoms with E-state index in [1.807, 2.05) is 0 Å². The number of fused-ring (bicyclic) bond motifs is 1. The summed E-state index contributed by atoms with van der Waals surface area (Å²) in [4.78, 5) is 3.90. The highest BCUT2D eigenvalue weighted by atomic mass is 35.5. The van der Waals surface area contributed by atoms with Gasteiger partial charge in [-0.05, 0) is 25.1 Å². The first-order valence-corrected chi connectivity index (χ1v) is 4.90. The number of aryl methyl sites for hydroxylation is 1. The lowest BCUT2D eigenvalue weighted by Gasteiger charge is -2.10. The van der Waals surface area contributed by atoms with Crippen LogP contribution in [-0.2, 0) is 6.18 Å². The summed E-state index contributed by atoms with van der Waals surface area (Å²) >= 11 is 5.64. The van der Waals surface area contributed by atoms with Crippen molar-refractivity contribution in [1.82, 2.24) is 4.98 Å². The molecule has 0 aliphatic carbocycles. The summed E-state index contributed by atoms with van der Waals surface area (Å²) in [6, 6.07) is 5.60. The van der Waals surface area contributed by atoms with Crippen LogP contribution in [0.2, 0.25) is 5.02 Å². The topological polar surface area (TPSA) is 12.9 Å². The van der Waals surface area contributed by atoms with Crippen molar-refractivity contribution in [1.29, 1.82) is 0 Å². The Labute approximate surface area is 94.9 Å². The van der Waals surface area contributed by atoms with Gasteiger partial charge in [0, 0.05) is 16.1 Å². The molecule has 0 amide bonds. The highest BCUT2D eigenvalue weighted by Crippen LogP contribution is 2.36. The van der Waals surface area contributed by atoms with Gasteiger partial charge < -0.3 is 0 Å². The van der Waals surface area contributed by atoms with Crippen molar-refractivity contribution in [3.63, 3.8) is 0 Å². The van der Waals surface area contributed by atoms with Gasteiger partial charge in [-0.15, -0.1) is 0 Å². The van der Waals surface area contributed by atoms with Gasteiger partial charge in [-0.2, -0.15) is 13.2 Å². The van der Waals surface area contributed by atoms with Gasteiger partial charge in [0.2, 0.25) is 0 Å². The Balaban J connectivity index is 2.85. The van der Waals surface area contributed by atoms with Crippen LogP contribution >= 0.6 is 11.6 Å². The van der Waals surface area contributed by atoms with Crippen LogP contribution in [0.1, 0.15) is 11.3 Å². The summed E-state index contributed by atoms with van der Waals surface area (Å²) in [5, 5.41) is 0.455. The highest BCUT2D eigenvalue weighted by Gasteiger charge is 2.33. The van der Waals surface area contributed by atoms with E-state index in [0.717, 1.165) is 6.07 Å². The van der Waals surface area contributed by atoms with Crippen molar-refractivity contribution < 1.29 is 13.2 Å². The Morgan fingerprint density at radius 1 is 1.19 bits per heavy atom. The van der Waals surface area contributed by atoms with E-state index in [1.165, 1.54) is 6.07 Å². The summed E-state index contributed by atoms with van der Waals surface area (Å²) < 4.78 is 38.2. The number of halogens is 4. The molecule has 0 unspecified atom stereocenters. The van der Waals surface area contributed by atoms with Gasteiger partial charge in [0.25, 0.3) is 0 Å². The van der Waals surface area contributed by atoms with Crippen molar-refractivity contribution >= 4 is 22.5 Å². The molecule has 0 N–H and O–H groups in total. The van der Waals surface area contributed by atoms with Crippen molar-refractivity contribution in [2.75, 3.05) is 0 Å². The van der Waals surface area contributed by atoms with Crippen molar-refractivity contribution in [3.8, 4) is 0 Å².